The Hall–Kier alpha value is -2.18. The smallest absolute Gasteiger partial charge is 0.319 e. The Labute approximate surface area is 152 Å². The van der Waals surface area contributed by atoms with Crippen LogP contribution in [0.15, 0.2) is 18.2 Å². The number of non-ortho nitro benzene ring substituents is 1. The van der Waals surface area contributed by atoms with E-state index >= 15 is 0 Å². The molecule has 0 saturated heterocycles. The highest BCUT2D eigenvalue weighted by Crippen LogP contribution is 2.31. The summed E-state index contributed by atoms with van der Waals surface area (Å²) < 4.78 is 14.1. The van der Waals surface area contributed by atoms with E-state index < -0.39 is 10.7 Å². The lowest BCUT2D eigenvalue weighted by molar-refractivity contribution is -0.384. The van der Waals surface area contributed by atoms with Crippen molar-refractivity contribution in [2.75, 3.05) is 5.32 Å². The summed E-state index contributed by atoms with van der Waals surface area (Å²) in [4.78, 5) is 25.3. The monoisotopic (exact) mass is 363 g/mol. The van der Waals surface area contributed by atoms with Gasteiger partial charge in [0.25, 0.3) is 5.69 Å². The van der Waals surface area contributed by atoms with E-state index in [-0.39, 0.29) is 29.5 Å². The number of hydrogen-bond acceptors (Lipinski definition) is 3. The second kappa shape index (κ2) is 8.47. The van der Waals surface area contributed by atoms with Crippen molar-refractivity contribution in [2.45, 2.75) is 76.3 Å². The van der Waals surface area contributed by atoms with E-state index in [1.165, 1.54) is 12.8 Å². The lowest BCUT2D eigenvalue weighted by Gasteiger charge is -2.41. The molecular formula is C19H26FN3O3. The first-order valence-electron chi connectivity index (χ1n) is 9.59. The van der Waals surface area contributed by atoms with Gasteiger partial charge in [0.2, 0.25) is 0 Å². The number of benzene rings is 1. The Morgan fingerprint density at radius 2 is 1.58 bits per heavy atom. The Morgan fingerprint density at radius 3 is 2.08 bits per heavy atom. The minimum absolute atomic E-state index is 0.124. The molecule has 2 saturated carbocycles. The average Bonchev–Trinajstić information content (AvgIpc) is 2.65. The zero-order chi connectivity index (χ0) is 18.5. The summed E-state index contributed by atoms with van der Waals surface area (Å²) in [5, 5.41) is 13.5. The van der Waals surface area contributed by atoms with Crippen LogP contribution in [0.2, 0.25) is 0 Å². The van der Waals surface area contributed by atoms with E-state index in [2.05, 4.69) is 5.32 Å². The second-order valence-electron chi connectivity index (χ2n) is 7.34. The maximum Gasteiger partial charge on any atom is 0.322 e. The van der Waals surface area contributed by atoms with Gasteiger partial charge < -0.3 is 10.2 Å². The quantitative estimate of drug-likeness (QED) is 0.587. The van der Waals surface area contributed by atoms with Crippen molar-refractivity contribution < 1.29 is 14.1 Å². The van der Waals surface area contributed by atoms with E-state index in [0.717, 1.165) is 69.6 Å². The Balaban J connectivity index is 1.80. The number of nitro benzene ring substituents is 1. The van der Waals surface area contributed by atoms with Crippen LogP contribution in [0.3, 0.4) is 0 Å². The van der Waals surface area contributed by atoms with Crippen LogP contribution in [0.25, 0.3) is 0 Å². The molecule has 7 heteroatoms. The van der Waals surface area contributed by atoms with E-state index in [4.69, 9.17) is 0 Å². The van der Waals surface area contributed by atoms with E-state index in [1.54, 1.807) is 0 Å². The van der Waals surface area contributed by atoms with Crippen LogP contribution in [0.1, 0.15) is 64.2 Å². The van der Waals surface area contributed by atoms with Crippen molar-refractivity contribution in [3.63, 3.8) is 0 Å². The zero-order valence-corrected chi connectivity index (χ0v) is 15.0. The van der Waals surface area contributed by atoms with Crippen molar-refractivity contribution in [3.05, 3.63) is 34.1 Å². The highest BCUT2D eigenvalue weighted by Gasteiger charge is 2.33. The van der Waals surface area contributed by atoms with Crippen LogP contribution in [-0.4, -0.2) is 27.9 Å². The molecule has 0 radical (unpaired) electrons. The molecule has 0 bridgehead atoms. The Morgan fingerprint density at radius 1 is 1.04 bits per heavy atom. The third-order valence-electron chi connectivity index (χ3n) is 5.57. The van der Waals surface area contributed by atoms with Crippen molar-refractivity contribution >= 4 is 17.4 Å². The van der Waals surface area contributed by atoms with Crippen LogP contribution < -0.4 is 5.32 Å². The third kappa shape index (κ3) is 4.31. The Kier molecular flexibility index (Phi) is 6.06. The van der Waals surface area contributed by atoms with Crippen molar-refractivity contribution in [1.29, 1.82) is 0 Å². The lowest BCUT2D eigenvalue weighted by atomic mass is 9.89. The molecule has 1 N–H and O–H groups in total. The maximum absolute atomic E-state index is 14.1. The molecule has 0 atom stereocenters. The van der Waals surface area contributed by atoms with Crippen molar-refractivity contribution in [2.24, 2.45) is 0 Å². The molecule has 6 nitrogen and oxygen atoms in total. The van der Waals surface area contributed by atoms with Gasteiger partial charge in [0, 0.05) is 24.2 Å². The van der Waals surface area contributed by atoms with E-state index in [0.29, 0.717) is 0 Å². The number of carbonyl (C=O) groups excluding carboxylic acids is 1. The molecular weight excluding hydrogens is 337 g/mol. The number of hydrogen-bond donors (Lipinski definition) is 1. The molecule has 26 heavy (non-hydrogen) atoms. The van der Waals surface area contributed by atoms with Gasteiger partial charge >= 0.3 is 6.03 Å². The highest BCUT2D eigenvalue weighted by atomic mass is 19.1. The Bertz CT molecular complexity index is 637. The highest BCUT2D eigenvalue weighted by molar-refractivity contribution is 5.90. The van der Waals surface area contributed by atoms with Crippen LogP contribution in [-0.2, 0) is 0 Å². The first-order valence-corrected chi connectivity index (χ1v) is 9.59. The fourth-order valence-electron chi connectivity index (χ4n) is 4.25. The third-order valence-corrected chi connectivity index (χ3v) is 5.57. The minimum atomic E-state index is -0.656. The number of nitrogens with one attached hydrogen (secondary N) is 1. The van der Waals surface area contributed by atoms with Crippen LogP contribution in [0.4, 0.5) is 20.6 Å². The topological polar surface area (TPSA) is 75.5 Å². The number of amides is 2. The molecule has 0 aromatic heterocycles. The zero-order valence-electron chi connectivity index (χ0n) is 15.0. The van der Waals surface area contributed by atoms with Crippen LogP contribution >= 0.6 is 0 Å². The van der Waals surface area contributed by atoms with Crippen molar-refractivity contribution in [3.8, 4) is 0 Å². The van der Waals surface area contributed by atoms with Gasteiger partial charge in [0.1, 0.15) is 5.82 Å². The van der Waals surface area contributed by atoms with Gasteiger partial charge in [0.05, 0.1) is 10.6 Å². The summed E-state index contributed by atoms with van der Waals surface area (Å²) in [6.45, 7) is 0. The first-order chi connectivity index (χ1) is 12.6. The molecule has 0 aliphatic heterocycles. The predicted molar refractivity (Wildman–Crippen MR) is 97.7 cm³/mol. The fraction of sp³-hybridized carbons (Fsp3) is 0.632. The SMILES string of the molecule is O=C(Nc1cc([N+](=O)[O-])ccc1F)N(C1CCCCC1)C1CCCCC1. The second-order valence-corrected chi connectivity index (χ2v) is 7.34. The van der Waals surface area contributed by atoms with Crippen molar-refractivity contribution in [1.82, 2.24) is 4.90 Å². The standard InChI is InChI=1S/C19H26FN3O3/c20-17-12-11-16(23(25)26)13-18(17)21-19(24)22(14-7-3-1-4-8-14)15-9-5-2-6-10-15/h11-15H,1-10H2,(H,21,24). The first kappa shape index (κ1) is 18.6. The molecule has 2 fully saturated rings. The van der Waals surface area contributed by atoms with Gasteiger partial charge in [-0.2, -0.15) is 0 Å². The number of rotatable bonds is 4. The molecule has 3 rings (SSSR count). The number of anilines is 1. The molecule has 0 heterocycles. The summed E-state index contributed by atoms with van der Waals surface area (Å²) in [6.07, 6.45) is 10.7. The van der Waals surface area contributed by atoms with Gasteiger partial charge in [-0.15, -0.1) is 0 Å². The fourth-order valence-corrected chi connectivity index (χ4v) is 4.25. The van der Waals surface area contributed by atoms with Gasteiger partial charge in [-0.25, -0.2) is 9.18 Å². The molecule has 2 aliphatic rings. The average molecular weight is 363 g/mol. The molecule has 1 aromatic carbocycles. The minimum Gasteiger partial charge on any atom is -0.319 e. The number of nitro groups is 1. The van der Waals surface area contributed by atoms with Crippen LogP contribution in [0.5, 0.6) is 0 Å². The largest absolute Gasteiger partial charge is 0.322 e. The maximum atomic E-state index is 14.1. The molecule has 2 aliphatic carbocycles. The molecule has 1 aromatic rings. The number of halogens is 1. The van der Waals surface area contributed by atoms with Gasteiger partial charge in [-0.3, -0.25) is 10.1 Å². The molecule has 0 unspecified atom stereocenters. The molecule has 142 valence electrons. The van der Waals surface area contributed by atoms with E-state index in [9.17, 15) is 19.3 Å². The number of urea groups is 1. The molecule has 2 amide bonds. The molecule has 0 spiro atoms. The lowest BCUT2D eigenvalue weighted by Crippen LogP contribution is -2.50. The summed E-state index contributed by atoms with van der Waals surface area (Å²) in [5.41, 5.74) is -0.357. The normalized spacial score (nSPS) is 19.1. The van der Waals surface area contributed by atoms with Gasteiger partial charge in [-0.05, 0) is 31.7 Å². The van der Waals surface area contributed by atoms with Crippen LogP contribution in [0, 0.1) is 15.9 Å². The summed E-state index contributed by atoms with van der Waals surface area (Å²) in [7, 11) is 0. The number of nitrogens with zero attached hydrogens (tertiary/aromatic N) is 2. The summed E-state index contributed by atoms with van der Waals surface area (Å²) in [6, 6.07) is 3.24. The van der Waals surface area contributed by atoms with Gasteiger partial charge in [0.15, 0.2) is 0 Å². The van der Waals surface area contributed by atoms with Gasteiger partial charge in [-0.1, -0.05) is 38.5 Å². The summed E-state index contributed by atoms with van der Waals surface area (Å²) >= 11 is 0. The predicted octanol–water partition coefficient (Wildman–Crippen LogP) is 5.23. The van der Waals surface area contributed by atoms with E-state index in [1.807, 2.05) is 4.90 Å². The number of carbonyl (C=O) groups is 1. The summed E-state index contributed by atoms with van der Waals surface area (Å²) in [5.74, 6) is -0.656.